The molecule has 10 heteroatoms. The predicted molar refractivity (Wildman–Crippen MR) is 133 cm³/mol. The number of amides is 2. The summed E-state index contributed by atoms with van der Waals surface area (Å²) in [5.41, 5.74) is 4.66. The fourth-order valence-electron chi connectivity index (χ4n) is 4.01. The van der Waals surface area contributed by atoms with E-state index < -0.39 is 12.1 Å². The summed E-state index contributed by atoms with van der Waals surface area (Å²) in [6.07, 6.45) is 2.36. The van der Waals surface area contributed by atoms with Crippen molar-refractivity contribution in [3.63, 3.8) is 0 Å². The van der Waals surface area contributed by atoms with Crippen LogP contribution in [0, 0.1) is 0 Å². The van der Waals surface area contributed by atoms with Gasteiger partial charge < -0.3 is 25.0 Å². The first kappa shape index (κ1) is 24.3. The summed E-state index contributed by atoms with van der Waals surface area (Å²) < 4.78 is 7.10. The number of thioether (sulfide) groups is 1. The Labute approximate surface area is 206 Å². The lowest BCUT2D eigenvalue weighted by Crippen LogP contribution is -2.30. The molecule has 0 unspecified atom stereocenters. The van der Waals surface area contributed by atoms with E-state index >= 15 is 0 Å². The molecule has 0 saturated heterocycles. The summed E-state index contributed by atoms with van der Waals surface area (Å²) >= 11 is 1.40. The van der Waals surface area contributed by atoms with Gasteiger partial charge in [-0.2, -0.15) is 11.8 Å². The molecule has 2 aromatic carbocycles. The molecule has 0 atom stereocenters. The maximum absolute atomic E-state index is 12.2. The number of carboxylic acids is 1. The minimum atomic E-state index is -1.09. The number of carbonyl (C=O) groups excluding carboxylic acids is 2. The molecule has 1 aromatic heterocycles. The average Bonchev–Trinajstić information content (AvgIpc) is 3.46. The summed E-state index contributed by atoms with van der Waals surface area (Å²) in [4.78, 5) is 38.7. The van der Waals surface area contributed by atoms with E-state index in [0.717, 1.165) is 0 Å². The van der Waals surface area contributed by atoms with Gasteiger partial charge in [-0.3, -0.25) is 4.79 Å². The zero-order valence-corrected chi connectivity index (χ0v) is 19.8. The monoisotopic (exact) mass is 494 g/mol. The molecule has 1 aliphatic carbocycles. The fourth-order valence-corrected chi connectivity index (χ4v) is 4.69. The van der Waals surface area contributed by atoms with Gasteiger partial charge in [-0.25, -0.2) is 14.6 Å². The molecule has 182 valence electrons. The minimum absolute atomic E-state index is 0.0178. The van der Waals surface area contributed by atoms with Gasteiger partial charge in [-0.15, -0.1) is 0 Å². The van der Waals surface area contributed by atoms with Gasteiger partial charge in [0.05, 0.1) is 12.1 Å². The molecule has 0 saturated carbocycles. The molecular formula is C25H26N4O5S. The van der Waals surface area contributed by atoms with Gasteiger partial charge in [-0.05, 0) is 22.3 Å². The molecule has 0 fully saturated rings. The van der Waals surface area contributed by atoms with Gasteiger partial charge in [-0.1, -0.05) is 48.5 Å². The summed E-state index contributed by atoms with van der Waals surface area (Å²) in [6.45, 7) is 1.45. The summed E-state index contributed by atoms with van der Waals surface area (Å²) in [6, 6.07) is 16.4. The number of benzene rings is 2. The fraction of sp³-hybridized carbons (Fsp3) is 0.280. The molecule has 1 aliphatic rings. The molecule has 0 aliphatic heterocycles. The van der Waals surface area contributed by atoms with E-state index in [9.17, 15) is 14.4 Å². The third kappa shape index (κ3) is 6.21. The van der Waals surface area contributed by atoms with Gasteiger partial charge in [0, 0.05) is 37.5 Å². The average molecular weight is 495 g/mol. The number of imidazole rings is 1. The normalized spacial score (nSPS) is 12.0. The van der Waals surface area contributed by atoms with Gasteiger partial charge >= 0.3 is 12.1 Å². The van der Waals surface area contributed by atoms with E-state index in [1.165, 1.54) is 46.5 Å². The molecule has 1 heterocycles. The molecule has 2 amide bonds. The Bertz CT molecular complexity index is 1170. The maximum atomic E-state index is 12.2. The van der Waals surface area contributed by atoms with Crippen LogP contribution in [0.25, 0.3) is 11.1 Å². The number of rotatable bonds is 11. The van der Waals surface area contributed by atoms with Crippen molar-refractivity contribution in [1.82, 2.24) is 20.2 Å². The van der Waals surface area contributed by atoms with Crippen molar-refractivity contribution in [2.24, 2.45) is 0 Å². The van der Waals surface area contributed by atoms with Crippen LogP contribution in [-0.2, 0) is 16.1 Å². The van der Waals surface area contributed by atoms with Gasteiger partial charge in [0.15, 0.2) is 5.69 Å². The second-order valence-corrected chi connectivity index (χ2v) is 9.06. The number of aromatic carboxylic acids is 1. The van der Waals surface area contributed by atoms with Gasteiger partial charge in [0.2, 0.25) is 5.91 Å². The molecule has 3 N–H and O–H groups in total. The molecule has 0 radical (unpaired) electrons. The SMILES string of the molecule is O=C(CSCCNC(=O)OCC1c2ccccc2-c2ccccc21)NCCn1cnc(C(=O)O)c1. The highest BCUT2D eigenvalue weighted by molar-refractivity contribution is 7.99. The molecule has 0 spiro atoms. The van der Waals surface area contributed by atoms with E-state index in [1.54, 1.807) is 4.57 Å². The Balaban J connectivity index is 1.10. The number of hydrogen-bond acceptors (Lipinski definition) is 6. The van der Waals surface area contributed by atoms with E-state index in [-0.39, 0.29) is 29.9 Å². The standard InChI is InChI=1S/C25H26N4O5S/c30-23(26-9-11-29-13-22(24(31)32)28-16-29)15-35-12-10-27-25(33)34-14-21-19-7-3-1-5-17(19)18-6-2-4-8-20(18)21/h1-8,13,16,21H,9-12,14-15H2,(H,26,30)(H,27,33)(H,31,32). The van der Waals surface area contributed by atoms with Crippen molar-refractivity contribution >= 4 is 29.7 Å². The number of nitrogens with zero attached hydrogens (tertiary/aromatic N) is 2. The largest absolute Gasteiger partial charge is 0.476 e. The van der Waals surface area contributed by atoms with Crippen LogP contribution in [0.5, 0.6) is 0 Å². The Morgan fingerprint density at radius 3 is 2.34 bits per heavy atom. The third-order valence-corrected chi connectivity index (χ3v) is 6.60. The first-order valence-electron chi connectivity index (χ1n) is 11.2. The molecule has 4 rings (SSSR count). The lowest BCUT2D eigenvalue weighted by atomic mass is 9.98. The van der Waals surface area contributed by atoms with Gasteiger partial charge in [0.25, 0.3) is 0 Å². The Hall–Kier alpha value is -3.79. The quantitative estimate of drug-likeness (QED) is 0.350. The summed E-state index contributed by atoms with van der Waals surface area (Å²) in [5.74, 6) is -0.368. The zero-order valence-electron chi connectivity index (χ0n) is 19.0. The van der Waals surface area contributed by atoms with Crippen molar-refractivity contribution in [2.45, 2.75) is 12.5 Å². The van der Waals surface area contributed by atoms with E-state index in [4.69, 9.17) is 9.84 Å². The number of carboxylic acid groups (broad SMARTS) is 1. The number of aromatic nitrogens is 2. The van der Waals surface area contributed by atoms with Gasteiger partial charge in [0.1, 0.15) is 6.61 Å². The molecule has 35 heavy (non-hydrogen) atoms. The van der Waals surface area contributed by atoms with Crippen molar-refractivity contribution in [3.05, 3.63) is 77.9 Å². The lowest BCUT2D eigenvalue weighted by molar-refractivity contribution is -0.118. The van der Waals surface area contributed by atoms with Crippen LogP contribution < -0.4 is 10.6 Å². The smallest absolute Gasteiger partial charge is 0.407 e. The van der Waals surface area contributed by atoms with Crippen molar-refractivity contribution in [1.29, 1.82) is 0 Å². The second-order valence-electron chi connectivity index (χ2n) is 7.96. The van der Waals surface area contributed by atoms with Crippen LogP contribution >= 0.6 is 11.8 Å². The number of hydrogen-bond donors (Lipinski definition) is 3. The van der Waals surface area contributed by atoms with Crippen molar-refractivity contribution in [2.75, 3.05) is 31.2 Å². The first-order chi connectivity index (χ1) is 17.0. The number of carbonyl (C=O) groups is 3. The predicted octanol–water partition coefficient (Wildman–Crippen LogP) is 2.97. The zero-order chi connectivity index (χ0) is 24.6. The third-order valence-electron chi connectivity index (χ3n) is 5.64. The molecule has 9 nitrogen and oxygen atoms in total. The van der Waals surface area contributed by atoms with Crippen LogP contribution in [0.1, 0.15) is 27.5 Å². The lowest BCUT2D eigenvalue weighted by Gasteiger charge is -2.14. The Kier molecular flexibility index (Phi) is 8.04. The van der Waals surface area contributed by atoms with Crippen molar-refractivity contribution in [3.8, 4) is 11.1 Å². The number of alkyl carbamates (subject to hydrolysis) is 1. The summed E-state index contributed by atoms with van der Waals surface area (Å²) in [5, 5.41) is 14.4. The Morgan fingerprint density at radius 1 is 1.00 bits per heavy atom. The molecule has 3 aromatic rings. The summed E-state index contributed by atoms with van der Waals surface area (Å²) in [7, 11) is 0. The van der Waals surface area contributed by atoms with Crippen molar-refractivity contribution < 1.29 is 24.2 Å². The van der Waals surface area contributed by atoms with Crippen LogP contribution in [0.15, 0.2) is 61.1 Å². The molecular weight excluding hydrogens is 468 g/mol. The highest BCUT2D eigenvalue weighted by Crippen LogP contribution is 2.44. The van der Waals surface area contributed by atoms with E-state index in [0.29, 0.717) is 25.4 Å². The van der Waals surface area contributed by atoms with Crippen LogP contribution in [-0.4, -0.2) is 63.8 Å². The van der Waals surface area contributed by atoms with Crippen LogP contribution in [0.2, 0.25) is 0 Å². The van der Waals surface area contributed by atoms with E-state index in [2.05, 4.69) is 39.9 Å². The number of nitrogens with one attached hydrogen (secondary N) is 2. The number of ether oxygens (including phenoxy) is 1. The first-order valence-corrected chi connectivity index (χ1v) is 12.4. The van der Waals surface area contributed by atoms with Crippen LogP contribution in [0.4, 0.5) is 4.79 Å². The Morgan fingerprint density at radius 2 is 1.69 bits per heavy atom. The highest BCUT2D eigenvalue weighted by Gasteiger charge is 2.28. The second kappa shape index (κ2) is 11.6. The molecule has 0 bridgehead atoms. The highest BCUT2D eigenvalue weighted by atomic mass is 32.2. The van der Waals surface area contributed by atoms with Crippen LogP contribution in [0.3, 0.4) is 0 Å². The maximum Gasteiger partial charge on any atom is 0.407 e. The van der Waals surface area contributed by atoms with E-state index in [1.807, 2.05) is 24.3 Å². The minimum Gasteiger partial charge on any atom is -0.476 e. The number of fused-ring (bicyclic) bond motifs is 3. The topological polar surface area (TPSA) is 123 Å².